The van der Waals surface area contributed by atoms with E-state index < -0.39 is 0 Å². The van der Waals surface area contributed by atoms with Crippen molar-refractivity contribution in [2.75, 3.05) is 10.6 Å². The zero-order valence-corrected chi connectivity index (χ0v) is 6.81. The van der Waals surface area contributed by atoms with Crippen molar-refractivity contribution in [2.24, 2.45) is 0 Å². The lowest BCUT2D eigenvalue weighted by atomic mass is 10.4. The summed E-state index contributed by atoms with van der Waals surface area (Å²) in [6.07, 6.45) is 1.88. The quantitative estimate of drug-likeness (QED) is 0.623. The summed E-state index contributed by atoms with van der Waals surface area (Å²) in [5.74, 6) is 0.877. The first-order valence-corrected chi connectivity index (χ1v) is 3.82. The third-order valence-corrected chi connectivity index (χ3v) is 1.79. The first-order valence-electron chi connectivity index (χ1n) is 3.44. The number of halogens is 1. The molecule has 0 bridgehead atoms. The molecule has 4 heteroatoms. The van der Waals surface area contributed by atoms with Crippen LogP contribution in [0.4, 0.5) is 11.5 Å². The van der Waals surface area contributed by atoms with E-state index in [-0.39, 0.29) is 6.17 Å². The molecule has 0 saturated heterocycles. The van der Waals surface area contributed by atoms with Gasteiger partial charge in [-0.3, -0.25) is 0 Å². The minimum absolute atomic E-state index is 0.246. The minimum atomic E-state index is 0.246. The van der Waals surface area contributed by atoms with E-state index in [1.165, 1.54) is 0 Å². The Morgan fingerprint density at radius 2 is 2.36 bits per heavy atom. The molecule has 1 aliphatic heterocycles. The number of nitrogens with zero attached hydrogens (tertiary/aromatic N) is 1. The molecule has 1 atom stereocenters. The van der Waals surface area contributed by atoms with Gasteiger partial charge in [0.2, 0.25) is 0 Å². The molecule has 0 fully saturated rings. The fourth-order valence-corrected chi connectivity index (χ4v) is 1.30. The number of aromatic nitrogens is 1. The molecule has 0 amide bonds. The van der Waals surface area contributed by atoms with Gasteiger partial charge in [0, 0.05) is 6.20 Å². The summed E-state index contributed by atoms with van der Waals surface area (Å²) in [7, 11) is 0. The van der Waals surface area contributed by atoms with Gasteiger partial charge in [0.1, 0.15) is 0 Å². The third kappa shape index (κ3) is 1.12. The van der Waals surface area contributed by atoms with Gasteiger partial charge in [-0.1, -0.05) is 11.6 Å². The number of anilines is 2. The lowest BCUT2D eigenvalue weighted by molar-refractivity contribution is 0.951. The van der Waals surface area contributed by atoms with Crippen molar-refractivity contribution in [3.63, 3.8) is 0 Å². The summed E-state index contributed by atoms with van der Waals surface area (Å²) in [5.41, 5.74) is 0.977. The minimum Gasteiger partial charge on any atom is -0.363 e. The van der Waals surface area contributed by atoms with E-state index in [2.05, 4.69) is 15.6 Å². The Bertz CT molecular complexity index is 287. The second kappa shape index (κ2) is 2.27. The van der Waals surface area contributed by atoms with E-state index in [1.54, 1.807) is 6.20 Å². The standard InChI is InChI=1S/C7H8ClN3/c1-4-10-6-2-5(8)3-9-7(6)11-4/h2-4,10H,1H3,(H,9,11). The zero-order chi connectivity index (χ0) is 7.84. The Hall–Kier alpha value is -0.960. The van der Waals surface area contributed by atoms with Crippen LogP contribution in [-0.4, -0.2) is 11.1 Å². The van der Waals surface area contributed by atoms with Crippen LogP contribution in [0.5, 0.6) is 0 Å². The average molecular weight is 170 g/mol. The van der Waals surface area contributed by atoms with Crippen LogP contribution in [0.1, 0.15) is 6.92 Å². The van der Waals surface area contributed by atoms with E-state index in [9.17, 15) is 0 Å². The summed E-state index contributed by atoms with van der Waals surface area (Å²) in [6, 6.07) is 1.86. The van der Waals surface area contributed by atoms with Crippen LogP contribution in [0.25, 0.3) is 0 Å². The Kier molecular flexibility index (Phi) is 1.39. The van der Waals surface area contributed by atoms with E-state index in [1.807, 2.05) is 13.0 Å². The summed E-state index contributed by atoms with van der Waals surface area (Å²) < 4.78 is 0. The van der Waals surface area contributed by atoms with Crippen LogP contribution in [-0.2, 0) is 0 Å². The number of hydrogen-bond donors (Lipinski definition) is 2. The number of nitrogens with one attached hydrogen (secondary N) is 2. The topological polar surface area (TPSA) is 37.0 Å². The second-order valence-corrected chi connectivity index (χ2v) is 3.00. The smallest absolute Gasteiger partial charge is 0.151 e. The maximum atomic E-state index is 5.74. The van der Waals surface area contributed by atoms with Gasteiger partial charge in [-0.15, -0.1) is 0 Å². The number of hydrogen-bond acceptors (Lipinski definition) is 3. The first-order chi connectivity index (χ1) is 5.25. The van der Waals surface area contributed by atoms with E-state index in [4.69, 9.17) is 11.6 Å². The second-order valence-electron chi connectivity index (χ2n) is 2.56. The Labute approximate surface area is 69.8 Å². The average Bonchev–Trinajstić information content (AvgIpc) is 2.27. The molecule has 1 aliphatic rings. The predicted molar refractivity (Wildman–Crippen MR) is 46.0 cm³/mol. The molecule has 2 N–H and O–H groups in total. The molecule has 1 aromatic heterocycles. The van der Waals surface area contributed by atoms with Crippen molar-refractivity contribution >= 4 is 23.1 Å². The highest BCUT2D eigenvalue weighted by atomic mass is 35.5. The zero-order valence-electron chi connectivity index (χ0n) is 6.06. The van der Waals surface area contributed by atoms with E-state index >= 15 is 0 Å². The van der Waals surface area contributed by atoms with E-state index in [0.717, 1.165) is 11.5 Å². The van der Waals surface area contributed by atoms with Crippen LogP contribution in [0.2, 0.25) is 5.02 Å². The lowest BCUT2D eigenvalue weighted by Crippen LogP contribution is -2.16. The largest absolute Gasteiger partial charge is 0.363 e. The van der Waals surface area contributed by atoms with Gasteiger partial charge in [0.25, 0.3) is 0 Å². The highest BCUT2D eigenvalue weighted by molar-refractivity contribution is 6.30. The summed E-state index contributed by atoms with van der Waals surface area (Å²) in [5, 5.41) is 6.98. The SMILES string of the molecule is CC1Nc2cc(Cl)cnc2N1. The number of pyridine rings is 1. The maximum absolute atomic E-state index is 5.74. The molecule has 2 rings (SSSR count). The summed E-state index contributed by atoms with van der Waals surface area (Å²) in [4.78, 5) is 4.10. The lowest BCUT2D eigenvalue weighted by Gasteiger charge is -2.00. The summed E-state index contributed by atoms with van der Waals surface area (Å²) >= 11 is 5.74. The Morgan fingerprint density at radius 1 is 1.55 bits per heavy atom. The molecule has 1 aromatic rings. The van der Waals surface area contributed by atoms with Gasteiger partial charge < -0.3 is 10.6 Å². The van der Waals surface area contributed by atoms with Gasteiger partial charge >= 0.3 is 0 Å². The number of rotatable bonds is 0. The summed E-state index contributed by atoms with van der Waals surface area (Å²) in [6.45, 7) is 2.02. The van der Waals surface area contributed by atoms with Gasteiger partial charge in [-0.05, 0) is 13.0 Å². The fourth-order valence-electron chi connectivity index (χ4n) is 1.14. The molecular weight excluding hydrogens is 162 g/mol. The van der Waals surface area contributed by atoms with Crippen LogP contribution in [0.15, 0.2) is 12.3 Å². The van der Waals surface area contributed by atoms with Crippen molar-refractivity contribution in [1.29, 1.82) is 0 Å². The molecule has 2 heterocycles. The molecule has 11 heavy (non-hydrogen) atoms. The maximum Gasteiger partial charge on any atom is 0.151 e. The van der Waals surface area contributed by atoms with Crippen molar-refractivity contribution in [2.45, 2.75) is 13.1 Å². The highest BCUT2D eigenvalue weighted by Crippen LogP contribution is 2.28. The molecule has 0 spiro atoms. The van der Waals surface area contributed by atoms with Gasteiger partial charge in [-0.25, -0.2) is 4.98 Å². The molecule has 0 saturated carbocycles. The molecule has 58 valence electrons. The predicted octanol–water partition coefficient (Wildman–Crippen LogP) is 1.92. The third-order valence-electron chi connectivity index (χ3n) is 1.58. The molecule has 0 aliphatic carbocycles. The normalized spacial score (nSPS) is 20.4. The molecule has 3 nitrogen and oxygen atoms in total. The molecule has 1 unspecified atom stereocenters. The Morgan fingerprint density at radius 3 is 3.18 bits per heavy atom. The van der Waals surface area contributed by atoms with Crippen molar-refractivity contribution in [3.8, 4) is 0 Å². The molecule has 0 aromatic carbocycles. The first kappa shape index (κ1) is 6.73. The van der Waals surface area contributed by atoms with Crippen molar-refractivity contribution < 1.29 is 0 Å². The van der Waals surface area contributed by atoms with Crippen LogP contribution < -0.4 is 10.6 Å². The van der Waals surface area contributed by atoms with Gasteiger partial charge in [0.05, 0.1) is 16.9 Å². The monoisotopic (exact) mass is 169 g/mol. The van der Waals surface area contributed by atoms with E-state index in [0.29, 0.717) is 5.02 Å². The Balaban J connectivity index is 2.43. The van der Waals surface area contributed by atoms with Crippen LogP contribution in [0.3, 0.4) is 0 Å². The van der Waals surface area contributed by atoms with Gasteiger partial charge in [-0.2, -0.15) is 0 Å². The molecule has 0 radical (unpaired) electrons. The highest BCUT2D eigenvalue weighted by Gasteiger charge is 2.15. The van der Waals surface area contributed by atoms with Crippen molar-refractivity contribution in [1.82, 2.24) is 4.98 Å². The van der Waals surface area contributed by atoms with Gasteiger partial charge in [0.15, 0.2) is 5.82 Å². The number of fused-ring (bicyclic) bond motifs is 1. The van der Waals surface area contributed by atoms with Crippen LogP contribution >= 0.6 is 11.6 Å². The van der Waals surface area contributed by atoms with Crippen molar-refractivity contribution in [3.05, 3.63) is 17.3 Å². The van der Waals surface area contributed by atoms with Crippen LogP contribution in [0, 0.1) is 0 Å². The fraction of sp³-hybridized carbons (Fsp3) is 0.286. The molecular formula is C7H8ClN3.